The van der Waals surface area contributed by atoms with Gasteiger partial charge in [-0.05, 0) is 0 Å². The van der Waals surface area contributed by atoms with Crippen LogP contribution in [0.4, 0.5) is 0 Å². The number of carboxylic acid groups (broad SMARTS) is 1. The van der Waals surface area contributed by atoms with E-state index in [9.17, 15) is 19.5 Å². The second-order valence-electron chi connectivity index (χ2n) is 1.63. The largest absolute Gasteiger partial charge is 1.00 e. The summed E-state index contributed by atoms with van der Waals surface area (Å²) in [4.78, 5) is 37.1. The van der Waals surface area contributed by atoms with Gasteiger partial charge in [0, 0.05) is 0 Å². The van der Waals surface area contributed by atoms with E-state index in [1.165, 1.54) is 0 Å². The van der Waals surface area contributed by atoms with Crippen LogP contribution in [0.2, 0.25) is 0 Å². The molecule has 0 amide bonds. The summed E-state index contributed by atoms with van der Waals surface area (Å²) in [6.45, 7) is 0. The van der Waals surface area contributed by atoms with Gasteiger partial charge in [0.1, 0.15) is 5.97 Å². The number of rotatable bonds is 1. The zero-order chi connectivity index (χ0) is 8.43. The predicted octanol–water partition coefficient (Wildman–Crippen LogP) is -6.17. The summed E-state index contributed by atoms with van der Waals surface area (Å²) in [5, 5.41) is 10.0. The van der Waals surface area contributed by atoms with Crippen molar-refractivity contribution in [2.24, 2.45) is 0 Å². The number of aromatic carboxylic acids is 1. The smallest absolute Gasteiger partial charge is 0.542 e. The predicted molar refractivity (Wildman–Crippen MR) is 29.8 cm³/mol. The van der Waals surface area contributed by atoms with Gasteiger partial charge >= 0.3 is 62.8 Å². The third kappa shape index (κ3) is 2.99. The fraction of sp³-hybridized carbons (Fsp3) is 0. The third-order valence-corrected chi connectivity index (χ3v) is 0.859. The van der Waals surface area contributed by atoms with Gasteiger partial charge in [-0.3, -0.25) is 9.97 Å². The molecule has 0 saturated heterocycles. The van der Waals surface area contributed by atoms with Crippen LogP contribution >= 0.6 is 0 Å². The monoisotopic (exact) mass is 195 g/mol. The molecule has 1 aromatic heterocycles. The molecule has 1 heterocycles. The van der Waals surface area contributed by atoms with Crippen LogP contribution in [0, 0.1) is 0 Å². The van der Waals surface area contributed by atoms with Crippen molar-refractivity contribution in [2.75, 3.05) is 0 Å². The van der Waals surface area contributed by atoms with E-state index < -0.39 is 23.2 Å². The van der Waals surface area contributed by atoms with Crippen LogP contribution in [0.15, 0.2) is 9.59 Å². The molecule has 0 aromatic carbocycles. The zero-order valence-electron chi connectivity index (χ0n) is 6.08. The Morgan fingerprint density at radius 1 is 1.33 bits per heavy atom. The van der Waals surface area contributed by atoms with Crippen molar-refractivity contribution in [3.8, 4) is 0 Å². The Morgan fingerprint density at radius 3 is 2.33 bits per heavy atom. The molecular weight excluding hydrogens is 193 g/mol. The zero-order valence-corrected chi connectivity index (χ0v) is 9.20. The third-order valence-electron chi connectivity index (χ3n) is 0.859. The maximum absolute atomic E-state index is 10.4. The number of H-pyrrole nitrogens is 2. The first-order valence-electron chi connectivity index (χ1n) is 2.51. The van der Waals surface area contributed by atoms with E-state index >= 15 is 0 Å². The molecule has 0 bridgehead atoms. The minimum atomic E-state index is -1.70. The maximum atomic E-state index is 10.4. The molecule has 0 spiro atoms. The molecule has 0 aliphatic rings. The molecule has 0 aliphatic carbocycles. The summed E-state index contributed by atoms with van der Waals surface area (Å²) in [7, 11) is 0. The molecule has 12 heavy (non-hydrogen) atoms. The normalized spacial score (nSPS) is 8.67. The van der Waals surface area contributed by atoms with Gasteiger partial charge in [-0.15, -0.1) is 0 Å². The van der Waals surface area contributed by atoms with Crippen LogP contribution in [-0.2, 0) is 0 Å². The molecule has 0 aliphatic heterocycles. The first kappa shape index (κ1) is 11.7. The quantitative estimate of drug-likeness (QED) is 0.432. The Kier molecular flexibility index (Phi) is 4.56. The van der Waals surface area contributed by atoms with E-state index in [1.807, 2.05) is 0 Å². The van der Waals surface area contributed by atoms with E-state index in [-0.39, 0.29) is 51.4 Å². The van der Waals surface area contributed by atoms with Gasteiger partial charge in [0.25, 0.3) is 0 Å². The first-order chi connectivity index (χ1) is 5.09. The number of hydrogen-bond acceptors (Lipinski definition) is 5. The Hall–Kier alpha value is -0.284. The Bertz CT molecular complexity index is 366. The minimum absolute atomic E-state index is 0. The van der Waals surface area contributed by atoms with Crippen LogP contribution in [0.5, 0.6) is 0 Å². The van der Waals surface area contributed by atoms with E-state index in [1.54, 1.807) is 9.97 Å². The van der Waals surface area contributed by atoms with Crippen LogP contribution in [0.3, 0.4) is 0 Å². The number of nitrogens with one attached hydrogen (secondary N) is 2. The van der Waals surface area contributed by atoms with Gasteiger partial charge < -0.3 is 9.90 Å². The number of carbonyl (C=O) groups is 1. The number of carboxylic acids is 1. The van der Waals surface area contributed by atoms with E-state index in [2.05, 4.69) is 4.98 Å². The molecule has 0 fully saturated rings. The molecule has 7 nitrogen and oxygen atoms in total. The molecule has 0 saturated carbocycles. The summed E-state index contributed by atoms with van der Waals surface area (Å²) in [5.41, 5.74) is -1.95. The van der Waals surface area contributed by atoms with Crippen molar-refractivity contribution in [1.29, 1.82) is 0 Å². The van der Waals surface area contributed by atoms with Gasteiger partial charge in [0.15, 0.2) is 5.82 Å². The van der Waals surface area contributed by atoms with Crippen LogP contribution < -0.4 is 67.9 Å². The summed E-state index contributed by atoms with van der Waals surface area (Å²) < 4.78 is 0. The summed E-state index contributed by atoms with van der Waals surface area (Å²) in [5.74, 6) is -2.48. The maximum Gasteiger partial charge on any atom is 1.00 e. The molecular formula is C4H2KN3O4. The van der Waals surface area contributed by atoms with Gasteiger partial charge in [0.05, 0.1) is 0 Å². The summed E-state index contributed by atoms with van der Waals surface area (Å²) >= 11 is 0. The summed E-state index contributed by atoms with van der Waals surface area (Å²) in [6.07, 6.45) is 0. The number of hydrogen-bond donors (Lipinski definition) is 2. The van der Waals surface area contributed by atoms with Crippen molar-refractivity contribution in [1.82, 2.24) is 15.0 Å². The SMILES string of the molecule is O=C([O-])c1nc(=O)[nH]c(=O)[nH]1.[K+]. The van der Waals surface area contributed by atoms with Crippen LogP contribution in [0.1, 0.15) is 10.6 Å². The van der Waals surface area contributed by atoms with Crippen molar-refractivity contribution in [2.45, 2.75) is 0 Å². The minimum Gasteiger partial charge on any atom is -0.542 e. The van der Waals surface area contributed by atoms with Crippen molar-refractivity contribution in [3.63, 3.8) is 0 Å². The molecule has 1 aromatic rings. The average molecular weight is 195 g/mol. The van der Waals surface area contributed by atoms with Gasteiger partial charge in [-0.1, -0.05) is 0 Å². The number of aromatic nitrogens is 3. The van der Waals surface area contributed by atoms with Gasteiger partial charge in [0.2, 0.25) is 0 Å². The Morgan fingerprint density at radius 2 is 1.92 bits per heavy atom. The van der Waals surface area contributed by atoms with Crippen LogP contribution in [0.25, 0.3) is 0 Å². The standard InChI is InChI=1S/C4H3N3O4.K/c8-2(9)1-5-3(10)7-4(11)6-1;/h(H,8,9)(H2,5,6,7,10,11);/q;+1/p-1. The fourth-order valence-electron chi connectivity index (χ4n) is 0.490. The summed E-state index contributed by atoms with van der Waals surface area (Å²) in [6, 6.07) is 0. The molecule has 0 unspecified atom stereocenters. The van der Waals surface area contributed by atoms with Crippen molar-refractivity contribution in [3.05, 3.63) is 26.8 Å². The first-order valence-corrected chi connectivity index (χ1v) is 2.51. The van der Waals surface area contributed by atoms with E-state index in [4.69, 9.17) is 0 Å². The molecule has 1 rings (SSSR count). The number of carbonyl (C=O) groups excluding carboxylic acids is 1. The topological polar surface area (TPSA) is 119 Å². The van der Waals surface area contributed by atoms with Gasteiger partial charge in [-0.25, -0.2) is 9.59 Å². The van der Waals surface area contributed by atoms with Gasteiger partial charge in [-0.2, -0.15) is 4.98 Å². The second kappa shape index (κ2) is 4.67. The molecule has 0 radical (unpaired) electrons. The Balaban J connectivity index is 0.00000121. The fourth-order valence-corrected chi connectivity index (χ4v) is 0.490. The van der Waals surface area contributed by atoms with Crippen molar-refractivity contribution < 1.29 is 61.3 Å². The average Bonchev–Trinajstić information content (AvgIpc) is 1.85. The van der Waals surface area contributed by atoms with E-state index in [0.29, 0.717) is 0 Å². The van der Waals surface area contributed by atoms with E-state index in [0.717, 1.165) is 0 Å². The molecule has 8 heteroatoms. The molecule has 58 valence electrons. The Labute approximate surface area is 108 Å². The van der Waals surface area contributed by atoms with Crippen molar-refractivity contribution >= 4 is 5.97 Å². The second-order valence-corrected chi connectivity index (χ2v) is 1.63. The molecule has 0 atom stereocenters. The number of nitrogens with zero attached hydrogens (tertiary/aromatic N) is 1. The molecule has 2 N–H and O–H groups in total. The van der Waals surface area contributed by atoms with Crippen LogP contribution in [-0.4, -0.2) is 20.9 Å². The number of aromatic amines is 2.